The molecule has 0 spiro atoms. The molecule has 0 saturated carbocycles. The Balaban J connectivity index is 2.39. The molecule has 0 unspecified atom stereocenters. The highest BCUT2D eigenvalue weighted by Gasteiger charge is 2.28. The molecule has 7 nitrogen and oxygen atoms in total. The van der Waals surface area contributed by atoms with Crippen LogP contribution < -0.4 is 4.90 Å². The molecule has 0 aliphatic carbocycles. The summed E-state index contributed by atoms with van der Waals surface area (Å²) < 4.78 is 5.44. The molecule has 1 aromatic rings. The predicted octanol–water partition coefficient (Wildman–Crippen LogP) is 3.81. The van der Waals surface area contributed by atoms with Crippen LogP contribution in [0.5, 0.6) is 0 Å². The van der Waals surface area contributed by atoms with Crippen molar-refractivity contribution < 1.29 is 19.6 Å². The third-order valence-electron chi connectivity index (χ3n) is 4.75. The van der Waals surface area contributed by atoms with Gasteiger partial charge in [0.15, 0.2) is 0 Å². The number of anilines is 1. The van der Waals surface area contributed by atoms with Gasteiger partial charge in [-0.05, 0) is 36.3 Å². The van der Waals surface area contributed by atoms with Crippen molar-refractivity contribution in [2.75, 3.05) is 24.7 Å². The Kier molecular flexibility index (Phi) is 6.97. The summed E-state index contributed by atoms with van der Waals surface area (Å²) in [7, 11) is 0. The molecule has 1 saturated heterocycles. The first-order chi connectivity index (χ1) is 12.3. The van der Waals surface area contributed by atoms with E-state index in [9.17, 15) is 14.9 Å². The maximum absolute atomic E-state index is 11.7. The van der Waals surface area contributed by atoms with E-state index < -0.39 is 5.97 Å². The first-order valence-electron chi connectivity index (χ1n) is 9.14. The molecule has 7 heteroatoms. The number of rotatable bonds is 8. The minimum atomic E-state index is -0.909. The summed E-state index contributed by atoms with van der Waals surface area (Å²) in [5.74, 6) is -0.821. The van der Waals surface area contributed by atoms with Crippen molar-refractivity contribution in [3.05, 3.63) is 33.9 Å². The summed E-state index contributed by atoms with van der Waals surface area (Å²) in [6, 6.07) is 5.36. The predicted molar refractivity (Wildman–Crippen MR) is 99.8 cm³/mol. The summed E-state index contributed by atoms with van der Waals surface area (Å²) in [5.41, 5.74) is 1.34. The normalized spacial score (nSPS) is 16.5. The van der Waals surface area contributed by atoms with E-state index in [1.165, 1.54) is 6.07 Å². The first kappa shape index (κ1) is 20.2. The number of carboxylic acid groups (broad SMARTS) is 1. The highest BCUT2D eigenvalue weighted by Crippen LogP contribution is 2.35. The molecule has 0 radical (unpaired) electrons. The van der Waals surface area contributed by atoms with Gasteiger partial charge in [-0.3, -0.25) is 14.9 Å². The molecule has 1 aliphatic rings. The van der Waals surface area contributed by atoms with Crippen molar-refractivity contribution in [1.29, 1.82) is 0 Å². The molecular weight excluding hydrogens is 336 g/mol. The van der Waals surface area contributed by atoms with Gasteiger partial charge in [0, 0.05) is 31.9 Å². The Morgan fingerprint density at radius 1 is 1.35 bits per heavy atom. The summed E-state index contributed by atoms with van der Waals surface area (Å²) in [6.07, 6.45) is 1.65. The zero-order valence-corrected chi connectivity index (χ0v) is 15.7. The van der Waals surface area contributed by atoms with E-state index in [0.717, 1.165) is 19.4 Å². The van der Waals surface area contributed by atoms with Crippen LogP contribution in [-0.4, -0.2) is 41.8 Å². The van der Waals surface area contributed by atoms with Crippen LogP contribution in [0.4, 0.5) is 11.4 Å². The lowest BCUT2D eigenvalue weighted by Crippen LogP contribution is -2.42. The number of nitro benzene ring substituents is 1. The average molecular weight is 364 g/mol. The second kappa shape index (κ2) is 8.98. The van der Waals surface area contributed by atoms with Gasteiger partial charge in [-0.25, -0.2) is 0 Å². The van der Waals surface area contributed by atoms with E-state index in [2.05, 4.69) is 18.7 Å². The Labute approximate surface area is 154 Å². The first-order valence-corrected chi connectivity index (χ1v) is 9.14. The fourth-order valence-electron chi connectivity index (χ4n) is 3.45. The van der Waals surface area contributed by atoms with Gasteiger partial charge in [0.2, 0.25) is 0 Å². The smallest absolute Gasteiger partial charge is 0.303 e. The number of aliphatic carboxylic acids is 1. The van der Waals surface area contributed by atoms with E-state index in [-0.39, 0.29) is 29.0 Å². The minimum Gasteiger partial charge on any atom is -0.481 e. The van der Waals surface area contributed by atoms with Crippen LogP contribution >= 0.6 is 0 Å². The fourth-order valence-corrected chi connectivity index (χ4v) is 3.45. The summed E-state index contributed by atoms with van der Waals surface area (Å²) in [6.45, 7) is 8.04. The number of benzene rings is 1. The summed E-state index contributed by atoms with van der Waals surface area (Å²) >= 11 is 0. The number of hydrogen-bond donors (Lipinski definition) is 1. The van der Waals surface area contributed by atoms with Gasteiger partial charge in [0.05, 0.1) is 11.3 Å². The van der Waals surface area contributed by atoms with Crippen LogP contribution in [0.15, 0.2) is 18.2 Å². The van der Waals surface area contributed by atoms with Gasteiger partial charge >= 0.3 is 5.97 Å². The number of carboxylic acids is 1. The Morgan fingerprint density at radius 3 is 2.54 bits per heavy atom. The molecule has 1 atom stereocenters. The number of ether oxygens (including phenoxy) is 1. The van der Waals surface area contributed by atoms with Gasteiger partial charge in [0.25, 0.3) is 5.69 Å². The van der Waals surface area contributed by atoms with E-state index in [4.69, 9.17) is 9.84 Å². The standard InChI is InChI=1S/C19H28N2O5/c1-13(2)12-20(16-6-8-26-9-7-16)17-5-4-15(11-18(17)21(24)25)14(3)10-19(22)23/h4-5,11,13-14,16H,6-10,12H2,1-3H3,(H,22,23)/t14-/m1/s1. The van der Waals surface area contributed by atoms with E-state index in [0.29, 0.717) is 30.4 Å². The van der Waals surface area contributed by atoms with Gasteiger partial charge in [0.1, 0.15) is 5.69 Å². The van der Waals surface area contributed by atoms with Gasteiger partial charge in [-0.15, -0.1) is 0 Å². The molecule has 1 heterocycles. The molecule has 1 aromatic carbocycles. The lowest BCUT2D eigenvalue weighted by molar-refractivity contribution is -0.384. The quantitative estimate of drug-likeness (QED) is 0.557. The van der Waals surface area contributed by atoms with Crippen LogP contribution in [0, 0.1) is 16.0 Å². The lowest BCUT2D eigenvalue weighted by atomic mass is 9.96. The van der Waals surface area contributed by atoms with Gasteiger partial charge in [-0.1, -0.05) is 26.8 Å². The Morgan fingerprint density at radius 2 is 2.00 bits per heavy atom. The zero-order chi connectivity index (χ0) is 19.3. The van der Waals surface area contributed by atoms with Crippen LogP contribution in [0.2, 0.25) is 0 Å². The zero-order valence-electron chi connectivity index (χ0n) is 15.7. The van der Waals surface area contributed by atoms with Gasteiger partial charge < -0.3 is 14.7 Å². The van der Waals surface area contributed by atoms with Crippen molar-refractivity contribution in [3.8, 4) is 0 Å². The molecular formula is C19H28N2O5. The highest BCUT2D eigenvalue weighted by atomic mass is 16.6. The SMILES string of the molecule is CC(C)CN(c1ccc([C@H](C)CC(=O)O)cc1[N+](=O)[O-])C1CCOCC1. The van der Waals surface area contributed by atoms with Crippen molar-refractivity contribution in [2.45, 2.75) is 52.0 Å². The maximum atomic E-state index is 11.7. The van der Waals surface area contributed by atoms with Crippen molar-refractivity contribution in [1.82, 2.24) is 0 Å². The molecule has 0 aromatic heterocycles. The van der Waals surface area contributed by atoms with E-state index >= 15 is 0 Å². The second-order valence-electron chi connectivity index (χ2n) is 7.39. The average Bonchev–Trinajstić information content (AvgIpc) is 2.59. The van der Waals surface area contributed by atoms with Crippen molar-refractivity contribution in [3.63, 3.8) is 0 Å². The third-order valence-corrected chi connectivity index (χ3v) is 4.75. The second-order valence-corrected chi connectivity index (χ2v) is 7.39. The van der Waals surface area contributed by atoms with Crippen LogP contribution in [0.1, 0.15) is 51.5 Å². The number of nitrogens with zero attached hydrogens (tertiary/aromatic N) is 2. The molecule has 144 valence electrons. The van der Waals surface area contributed by atoms with Gasteiger partial charge in [-0.2, -0.15) is 0 Å². The van der Waals surface area contributed by atoms with Crippen LogP contribution in [0.25, 0.3) is 0 Å². The molecule has 0 amide bonds. The summed E-state index contributed by atoms with van der Waals surface area (Å²) in [4.78, 5) is 24.5. The van der Waals surface area contributed by atoms with Crippen molar-refractivity contribution >= 4 is 17.3 Å². The molecule has 1 fully saturated rings. The molecule has 26 heavy (non-hydrogen) atoms. The van der Waals surface area contributed by atoms with Crippen molar-refractivity contribution in [2.24, 2.45) is 5.92 Å². The third kappa shape index (κ3) is 5.17. The highest BCUT2D eigenvalue weighted by molar-refractivity contribution is 5.69. The fraction of sp³-hybridized carbons (Fsp3) is 0.632. The number of carbonyl (C=O) groups is 1. The molecule has 2 rings (SSSR count). The van der Waals surface area contributed by atoms with Crippen LogP contribution in [0.3, 0.4) is 0 Å². The molecule has 0 bridgehead atoms. The van der Waals surface area contributed by atoms with E-state index in [1.54, 1.807) is 13.0 Å². The van der Waals surface area contributed by atoms with Crippen LogP contribution in [-0.2, 0) is 9.53 Å². The monoisotopic (exact) mass is 364 g/mol. The maximum Gasteiger partial charge on any atom is 0.303 e. The molecule has 1 aliphatic heterocycles. The number of hydrogen-bond acceptors (Lipinski definition) is 5. The molecule has 1 N–H and O–H groups in total. The van der Waals surface area contributed by atoms with E-state index in [1.807, 2.05) is 6.07 Å². The Bertz CT molecular complexity index is 641. The minimum absolute atomic E-state index is 0.0480. The summed E-state index contributed by atoms with van der Waals surface area (Å²) in [5, 5.41) is 20.7. The Hall–Kier alpha value is -2.15. The number of nitro groups is 1. The largest absolute Gasteiger partial charge is 0.481 e. The lowest BCUT2D eigenvalue weighted by Gasteiger charge is -2.37. The topological polar surface area (TPSA) is 92.9 Å².